The number of nitrogens with zero attached hydrogens (tertiary/aromatic N) is 1. The molecule has 0 unspecified atom stereocenters. The summed E-state index contributed by atoms with van der Waals surface area (Å²) in [7, 11) is -0.913. The van der Waals surface area contributed by atoms with E-state index in [1.807, 2.05) is 30.3 Å². The predicted octanol–water partition coefficient (Wildman–Crippen LogP) is 3.45. The zero-order valence-electron chi connectivity index (χ0n) is 16.2. The van der Waals surface area contributed by atoms with Crippen LogP contribution in [0, 0.1) is 0 Å². The summed E-state index contributed by atoms with van der Waals surface area (Å²) in [4.78, 5) is 12.5. The number of amides is 1. The minimum atomic E-state index is -3.94. The molecule has 0 heterocycles. The van der Waals surface area contributed by atoms with E-state index in [0.29, 0.717) is 11.4 Å². The molecular weight excluding hydrogens is 388 g/mol. The monoisotopic (exact) mass is 410 g/mol. The van der Waals surface area contributed by atoms with E-state index in [9.17, 15) is 13.2 Å². The van der Waals surface area contributed by atoms with Gasteiger partial charge in [-0.3, -0.25) is 9.10 Å². The van der Waals surface area contributed by atoms with Crippen LogP contribution < -0.4 is 14.4 Å². The number of sulfonamides is 1. The first-order valence-corrected chi connectivity index (χ1v) is 10.4. The molecule has 1 amide bonds. The van der Waals surface area contributed by atoms with Crippen LogP contribution in [0.15, 0.2) is 83.8 Å². The van der Waals surface area contributed by atoms with Crippen LogP contribution in [0.2, 0.25) is 0 Å². The first kappa shape index (κ1) is 20.4. The van der Waals surface area contributed by atoms with Gasteiger partial charge >= 0.3 is 0 Å². The molecule has 0 spiro atoms. The molecule has 7 heteroatoms. The molecule has 3 rings (SSSR count). The summed E-state index contributed by atoms with van der Waals surface area (Å²) in [5, 5.41) is 2.57. The van der Waals surface area contributed by atoms with Gasteiger partial charge in [0.25, 0.3) is 15.9 Å². The van der Waals surface area contributed by atoms with Crippen molar-refractivity contribution in [1.29, 1.82) is 0 Å². The number of hydrogen-bond donors (Lipinski definition) is 1. The molecule has 0 aliphatic rings. The van der Waals surface area contributed by atoms with Gasteiger partial charge < -0.3 is 10.1 Å². The Kier molecular flexibility index (Phi) is 6.19. The summed E-state index contributed by atoms with van der Waals surface area (Å²) < 4.78 is 33.5. The summed E-state index contributed by atoms with van der Waals surface area (Å²) in [6.45, 7) is 0.0865. The Balaban J connectivity index is 2.14. The van der Waals surface area contributed by atoms with Gasteiger partial charge in [0.15, 0.2) is 0 Å². The van der Waals surface area contributed by atoms with E-state index in [2.05, 4.69) is 5.32 Å². The van der Waals surface area contributed by atoms with Gasteiger partial charge in [0.2, 0.25) is 0 Å². The molecule has 6 nitrogen and oxygen atoms in total. The van der Waals surface area contributed by atoms with Crippen molar-refractivity contribution in [2.75, 3.05) is 18.5 Å². The lowest BCUT2D eigenvalue weighted by atomic mass is 10.1. The van der Waals surface area contributed by atoms with Crippen LogP contribution in [0.4, 0.5) is 5.69 Å². The van der Waals surface area contributed by atoms with Crippen LogP contribution in [0.1, 0.15) is 15.9 Å². The van der Waals surface area contributed by atoms with Gasteiger partial charge in [-0.2, -0.15) is 0 Å². The van der Waals surface area contributed by atoms with Crippen LogP contribution in [0.25, 0.3) is 0 Å². The molecule has 0 fully saturated rings. The fourth-order valence-corrected chi connectivity index (χ4v) is 4.41. The number of nitrogens with one attached hydrogen (secondary N) is 1. The van der Waals surface area contributed by atoms with Crippen molar-refractivity contribution in [3.05, 3.63) is 90.0 Å². The molecule has 0 saturated carbocycles. The molecule has 0 atom stereocenters. The maximum absolute atomic E-state index is 13.6. The molecule has 0 aromatic heterocycles. The summed E-state index contributed by atoms with van der Waals surface area (Å²) >= 11 is 0. The summed E-state index contributed by atoms with van der Waals surface area (Å²) in [5.41, 5.74) is 1.39. The Morgan fingerprint density at radius 2 is 1.55 bits per heavy atom. The maximum atomic E-state index is 13.6. The Morgan fingerprint density at radius 1 is 0.931 bits per heavy atom. The van der Waals surface area contributed by atoms with Gasteiger partial charge in [-0.15, -0.1) is 0 Å². The van der Waals surface area contributed by atoms with Crippen LogP contribution in [0.5, 0.6) is 5.75 Å². The normalized spacial score (nSPS) is 11.0. The third kappa shape index (κ3) is 4.41. The lowest BCUT2D eigenvalue weighted by Crippen LogP contribution is -2.33. The standard InChI is InChI=1S/C22H22N2O4S/c1-23-22(25)20-10-6-7-11-21(20)24(16-17-8-4-3-5-9-17)29(26,27)19-14-12-18(28-2)13-15-19/h3-15H,16H2,1-2H3,(H,23,25). The number of carbonyl (C=O) groups excluding carboxylic acids is 1. The number of ether oxygens (including phenoxy) is 1. The predicted molar refractivity (Wildman–Crippen MR) is 113 cm³/mol. The second kappa shape index (κ2) is 8.79. The van der Waals surface area contributed by atoms with Gasteiger partial charge in [-0.1, -0.05) is 42.5 Å². The van der Waals surface area contributed by atoms with E-state index in [-0.39, 0.29) is 22.9 Å². The Bertz CT molecular complexity index is 1080. The highest BCUT2D eigenvalue weighted by atomic mass is 32.2. The van der Waals surface area contributed by atoms with Crippen LogP contribution in [-0.4, -0.2) is 28.5 Å². The van der Waals surface area contributed by atoms with E-state index in [1.165, 1.54) is 30.6 Å². The first-order valence-electron chi connectivity index (χ1n) is 8.99. The topological polar surface area (TPSA) is 75.7 Å². The largest absolute Gasteiger partial charge is 0.497 e. The van der Waals surface area contributed by atoms with Gasteiger partial charge in [0.05, 0.1) is 29.8 Å². The number of carbonyl (C=O) groups is 1. The average Bonchev–Trinajstić information content (AvgIpc) is 2.77. The molecule has 0 aliphatic heterocycles. The average molecular weight is 410 g/mol. The second-order valence-electron chi connectivity index (χ2n) is 6.27. The van der Waals surface area contributed by atoms with Crippen molar-refractivity contribution in [3.8, 4) is 5.75 Å². The molecule has 0 aliphatic carbocycles. The fourth-order valence-electron chi connectivity index (χ4n) is 2.94. The SMILES string of the molecule is CNC(=O)c1ccccc1N(Cc1ccccc1)S(=O)(=O)c1ccc(OC)cc1. The maximum Gasteiger partial charge on any atom is 0.264 e. The van der Waals surface area contributed by atoms with Gasteiger partial charge in [-0.25, -0.2) is 8.42 Å². The molecule has 29 heavy (non-hydrogen) atoms. The highest BCUT2D eigenvalue weighted by Crippen LogP contribution is 2.30. The number of methoxy groups -OCH3 is 1. The van der Waals surface area contributed by atoms with Crippen molar-refractivity contribution < 1.29 is 17.9 Å². The highest BCUT2D eigenvalue weighted by Gasteiger charge is 2.28. The number of benzene rings is 3. The molecule has 0 saturated heterocycles. The van der Waals surface area contributed by atoms with Crippen molar-refractivity contribution in [2.45, 2.75) is 11.4 Å². The lowest BCUT2D eigenvalue weighted by Gasteiger charge is -2.26. The quantitative estimate of drug-likeness (QED) is 0.647. The minimum Gasteiger partial charge on any atom is -0.497 e. The zero-order chi connectivity index (χ0) is 20.9. The first-order chi connectivity index (χ1) is 14.0. The van der Waals surface area contributed by atoms with Gasteiger partial charge in [0.1, 0.15) is 5.75 Å². The highest BCUT2D eigenvalue weighted by molar-refractivity contribution is 7.92. The summed E-state index contributed by atoms with van der Waals surface area (Å²) in [5.74, 6) is 0.202. The zero-order valence-corrected chi connectivity index (χ0v) is 17.0. The lowest BCUT2D eigenvalue weighted by molar-refractivity contribution is 0.0963. The Hall–Kier alpha value is -3.32. The van der Waals surface area contributed by atoms with Gasteiger partial charge in [-0.05, 0) is 42.0 Å². The number of para-hydroxylation sites is 1. The van der Waals surface area contributed by atoms with Crippen molar-refractivity contribution in [3.63, 3.8) is 0 Å². The molecule has 0 bridgehead atoms. The van der Waals surface area contributed by atoms with E-state index >= 15 is 0 Å². The second-order valence-corrected chi connectivity index (χ2v) is 8.13. The van der Waals surface area contributed by atoms with E-state index in [4.69, 9.17) is 4.74 Å². The van der Waals surface area contributed by atoms with Crippen molar-refractivity contribution in [2.24, 2.45) is 0 Å². The third-order valence-electron chi connectivity index (χ3n) is 4.46. The van der Waals surface area contributed by atoms with Crippen LogP contribution >= 0.6 is 0 Å². The molecular formula is C22H22N2O4S. The molecule has 3 aromatic rings. The number of anilines is 1. The van der Waals surface area contributed by atoms with E-state index < -0.39 is 10.0 Å². The Labute approximate surface area is 170 Å². The smallest absolute Gasteiger partial charge is 0.264 e. The third-order valence-corrected chi connectivity index (χ3v) is 6.23. The molecule has 3 aromatic carbocycles. The van der Waals surface area contributed by atoms with Crippen molar-refractivity contribution in [1.82, 2.24) is 5.32 Å². The Morgan fingerprint density at radius 3 is 2.17 bits per heavy atom. The van der Waals surface area contributed by atoms with E-state index in [0.717, 1.165) is 5.56 Å². The summed E-state index contributed by atoms with van der Waals surface area (Å²) in [6, 6.07) is 22.1. The number of hydrogen-bond acceptors (Lipinski definition) is 4. The van der Waals surface area contributed by atoms with E-state index in [1.54, 1.807) is 36.4 Å². The number of rotatable bonds is 7. The van der Waals surface area contributed by atoms with Crippen molar-refractivity contribution >= 4 is 21.6 Å². The summed E-state index contributed by atoms with van der Waals surface area (Å²) in [6.07, 6.45) is 0. The minimum absolute atomic E-state index is 0.0865. The molecule has 1 N–H and O–H groups in total. The molecule has 150 valence electrons. The van der Waals surface area contributed by atoms with Crippen LogP contribution in [-0.2, 0) is 16.6 Å². The van der Waals surface area contributed by atoms with Gasteiger partial charge in [0, 0.05) is 7.05 Å². The fraction of sp³-hybridized carbons (Fsp3) is 0.136. The molecule has 0 radical (unpaired) electrons. The van der Waals surface area contributed by atoms with Crippen LogP contribution in [0.3, 0.4) is 0 Å².